The molecule has 2 aromatic rings. The summed E-state index contributed by atoms with van der Waals surface area (Å²) in [6, 6.07) is 16.7. The van der Waals surface area contributed by atoms with Gasteiger partial charge in [-0.25, -0.2) is 0 Å². The predicted octanol–water partition coefficient (Wildman–Crippen LogP) is 5.24. The van der Waals surface area contributed by atoms with Crippen LogP contribution >= 0.6 is 24.8 Å². The van der Waals surface area contributed by atoms with E-state index in [0.29, 0.717) is 6.04 Å². The van der Waals surface area contributed by atoms with E-state index in [1.54, 1.807) is 0 Å². The maximum Gasteiger partial charge on any atom is 0.0349 e. The molecular formula is C22H30Cl2N2. The van der Waals surface area contributed by atoms with Crippen LogP contribution in [-0.4, -0.2) is 31.1 Å². The van der Waals surface area contributed by atoms with Gasteiger partial charge in [0.1, 0.15) is 0 Å². The van der Waals surface area contributed by atoms with Crippen molar-refractivity contribution in [3.8, 4) is 11.1 Å². The number of fused-ring (bicyclic) bond motifs is 3. The van der Waals surface area contributed by atoms with Crippen molar-refractivity contribution in [1.29, 1.82) is 0 Å². The van der Waals surface area contributed by atoms with Crippen molar-refractivity contribution in [1.82, 2.24) is 10.2 Å². The van der Waals surface area contributed by atoms with E-state index in [1.807, 2.05) is 0 Å². The lowest BCUT2D eigenvalue weighted by molar-refractivity contribution is 0.163. The van der Waals surface area contributed by atoms with Crippen molar-refractivity contribution in [3.63, 3.8) is 0 Å². The highest BCUT2D eigenvalue weighted by atomic mass is 35.5. The number of unbranched alkanes of at least 4 members (excludes halogenated alkanes) is 1. The molecule has 1 atom stereocenters. The third kappa shape index (κ3) is 4.26. The SMILES string of the molecule is CCCC[C@H](c1ccc2c(c1)Cc1ccccc1-2)N1CCNCC1.Cl.Cl. The Morgan fingerprint density at radius 2 is 1.69 bits per heavy atom. The molecule has 1 N–H and O–H groups in total. The normalized spacial score (nSPS) is 16.8. The second-order valence-corrected chi connectivity index (χ2v) is 7.19. The summed E-state index contributed by atoms with van der Waals surface area (Å²) in [4.78, 5) is 2.69. The highest BCUT2D eigenvalue weighted by Gasteiger charge is 2.24. The molecule has 1 fully saturated rings. The van der Waals surface area contributed by atoms with Crippen LogP contribution < -0.4 is 5.32 Å². The van der Waals surface area contributed by atoms with Gasteiger partial charge in [0.15, 0.2) is 0 Å². The summed E-state index contributed by atoms with van der Waals surface area (Å²) in [6.07, 6.45) is 4.97. The van der Waals surface area contributed by atoms with Crippen molar-refractivity contribution in [2.24, 2.45) is 0 Å². The summed E-state index contributed by atoms with van der Waals surface area (Å²) < 4.78 is 0. The van der Waals surface area contributed by atoms with Gasteiger partial charge in [0, 0.05) is 32.2 Å². The van der Waals surface area contributed by atoms with Gasteiger partial charge in [0.25, 0.3) is 0 Å². The molecule has 2 nitrogen and oxygen atoms in total. The first kappa shape index (κ1) is 21.2. The zero-order valence-corrected chi connectivity index (χ0v) is 17.2. The van der Waals surface area contributed by atoms with E-state index >= 15 is 0 Å². The van der Waals surface area contributed by atoms with E-state index < -0.39 is 0 Å². The number of nitrogens with one attached hydrogen (secondary N) is 1. The van der Waals surface area contributed by atoms with E-state index in [0.717, 1.165) is 19.5 Å². The highest BCUT2D eigenvalue weighted by molar-refractivity contribution is 5.85. The van der Waals surface area contributed by atoms with Crippen LogP contribution in [-0.2, 0) is 6.42 Å². The molecule has 26 heavy (non-hydrogen) atoms. The summed E-state index contributed by atoms with van der Waals surface area (Å²) in [5.41, 5.74) is 7.41. The van der Waals surface area contributed by atoms with Crippen LogP contribution in [0.3, 0.4) is 0 Å². The van der Waals surface area contributed by atoms with Crippen LogP contribution in [0, 0.1) is 0 Å². The van der Waals surface area contributed by atoms with E-state index in [4.69, 9.17) is 0 Å². The van der Waals surface area contributed by atoms with Crippen LogP contribution in [0.4, 0.5) is 0 Å². The fraction of sp³-hybridized carbons (Fsp3) is 0.455. The largest absolute Gasteiger partial charge is 0.314 e. The first-order valence-corrected chi connectivity index (χ1v) is 9.52. The molecule has 1 saturated heterocycles. The standard InChI is InChI=1S/C22H28N2.2ClH/c1-2-3-8-22(24-13-11-23-12-14-24)18-9-10-21-19(16-18)15-17-6-4-5-7-20(17)21;;/h4-7,9-10,16,22-23H,2-3,8,11-15H2,1H3;2*1H/t22-;;/m1../s1. The molecule has 0 saturated carbocycles. The van der Waals surface area contributed by atoms with E-state index in [2.05, 4.69) is 59.6 Å². The summed E-state index contributed by atoms with van der Waals surface area (Å²) in [5.74, 6) is 0. The first-order chi connectivity index (χ1) is 11.9. The van der Waals surface area contributed by atoms with Gasteiger partial charge in [-0.3, -0.25) is 4.90 Å². The molecule has 4 rings (SSSR count). The third-order valence-corrected chi connectivity index (χ3v) is 5.63. The average Bonchev–Trinajstić information content (AvgIpc) is 3.01. The first-order valence-electron chi connectivity index (χ1n) is 9.52. The monoisotopic (exact) mass is 392 g/mol. The minimum atomic E-state index is 0. The Kier molecular flexibility index (Phi) is 7.97. The van der Waals surface area contributed by atoms with Gasteiger partial charge in [-0.05, 0) is 40.7 Å². The molecule has 0 unspecified atom stereocenters. The van der Waals surface area contributed by atoms with Crippen LogP contribution in [0.15, 0.2) is 42.5 Å². The summed E-state index contributed by atoms with van der Waals surface area (Å²) >= 11 is 0. The van der Waals surface area contributed by atoms with E-state index in [9.17, 15) is 0 Å². The molecule has 0 spiro atoms. The molecule has 142 valence electrons. The zero-order valence-electron chi connectivity index (χ0n) is 15.5. The van der Waals surface area contributed by atoms with Gasteiger partial charge in [0.2, 0.25) is 0 Å². The number of hydrogen-bond donors (Lipinski definition) is 1. The van der Waals surface area contributed by atoms with Crippen LogP contribution in [0.2, 0.25) is 0 Å². The number of nitrogens with zero attached hydrogens (tertiary/aromatic N) is 1. The number of halogens is 2. The van der Waals surface area contributed by atoms with Crippen molar-refractivity contribution in [2.75, 3.05) is 26.2 Å². The van der Waals surface area contributed by atoms with Gasteiger partial charge in [0.05, 0.1) is 0 Å². The van der Waals surface area contributed by atoms with Crippen molar-refractivity contribution in [2.45, 2.75) is 38.6 Å². The molecule has 0 aromatic heterocycles. The number of piperazine rings is 1. The Labute approximate surface area is 170 Å². The third-order valence-electron chi connectivity index (χ3n) is 5.63. The second-order valence-electron chi connectivity index (χ2n) is 7.19. The molecule has 1 aliphatic carbocycles. The van der Waals surface area contributed by atoms with Gasteiger partial charge in [-0.15, -0.1) is 24.8 Å². The quantitative estimate of drug-likeness (QED) is 0.638. The molecule has 2 aliphatic rings. The number of hydrogen-bond acceptors (Lipinski definition) is 2. The lowest BCUT2D eigenvalue weighted by Crippen LogP contribution is -2.45. The molecule has 1 heterocycles. The van der Waals surface area contributed by atoms with Crippen molar-refractivity contribution >= 4 is 24.8 Å². The maximum absolute atomic E-state index is 3.49. The molecule has 2 aromatic carbocycles. The van der Waals surface area contributed by atoms with Gasteiger partial charge < -0.3 is 5.32 Å². The predicted molar refractivity (Wildman–Crippen MR) is 116 cm³/mol. The van der Waals surface area contributed by atoms with Crippen molar-refractivity contribution in [3.05, 3.63) is 59.2 Å². The fourth-order valence-electron chi connectivity index (χ4n) is 4.32. The lowest BCUT2D eigenvalue weighted by atomic mass is 9.95. The van der Waals surface area contributed by atoms with Gasteiger partial charge in [-0.1, -0.05) is 62.2 Å². The maximum atomic E-state index is 3.49. The van der Waals surface area contributed by atoms with Crippen LogP contribution in [0.1, 0.15) is 48.9 Å². The Hall–Kier alpha value is -1.06. The summed E-state index contributed by atoms with van der Waals surface area (Å²) in [5, 5.41) is 3.49. The molecule has 0 bridgehead atoms. The Bertz CT molecular complexity index is 711. The average molecular weight is 393 g/mol. The fourth-order valence-corrected chi connectivity index (χ4v) is 4.32. The van der Waals surface area contributed by atoms with Gasteiger partial charge in [-0.2, -0.15) is 0 Å². The Balaban J connectivity index is 0.00000121. The molecule has 0 amide bonds. The topological polar surface area (TPSA) is 15.3 Å². The smallest absolute Gasteiger partial charge is 0.0349 e. The Morgan fingerprint density at radius 1 is 0.962 bits per heavy atom. The molecule has 4 heteroatoms. The molecule has 0 radical (unpaired) electrons. The van der Waals surface area contributed by atoms with Gasteiger partial charge >= 0.3 is 0 Å². The van der Waals surface area contributed by atoms with E-state index in [1.165, 1.54) is 60.2 Å². The number of rotatable bonds is 5. The minimum Gasteiger partial charge on any atom is -0.314 e. The van der Waals surface area contributed by atoms with Crippen LogP contribution in [0.25, 0.3) is 11.1 Å². The zero-order chi connectivity index (χ0) is 16.4. The van der Waals surface area contributed by atoms with E-state index in [-0.39, 0.29) is 24.8 Å². The minimum absolute atomic E-state index is 0. The lowest BCUT2D eigenvalue weighted by Gasteiger charge is -2.35. The molecule has 1 aliphatic heterocycles. The summed E-state index contributed by atoms with van der Waals surface area (Å²) in [6.45, 7) is 6.89. The second kappa shape index (κ2) is 9.75. The number of benzene rings is 2. The van der Waals surface area contributed by atoms with Crippen molar-refractivity contribution < 1.29 is 0 Å². The molecular weight excluding hydrogens is 363 g/mol. The Morgan fingerprint density at radius 3 is 2.46 bits per heavy atom. The summed E-state index contributed by atoms with van der Waals surface area (Å²) in [7, 11) is 0. The van der Waals surface area contributed by atoms with Crippen LogP contribution in [0.5, 0.6) is 0 Å². The highest BCUT2D eigenvalue weighted by Crippen LogP contribution is 2.38.